The third kappa shape index (κ3) is 5.96. The molecule has 0 aliphatic carbocycles. The second-order valence-electron chi connectivity index (χ2n) is 6.10. The SMILES string of the molecule is CCC(CO)N1CCN(Cc2ccc(OCC(F)(F)F)cc2)CC1. The molecule has 136 valence electrons. The van der Waals surface area contributed by atoms with E-state index in [1.54, 1.807) is 24.3 Å². The minimum Gasteiger partial charge on any atom is -0.484 e. The van der Waals surface area contributed by atoms with Gasteiger partial charge in [0.05, 0.1) is 6.61 Å². The molecule has 0 radical (unpaired) electrons. The number of halogens is 3. The zero-order valence-corrected chi connectivity index (χ0v) is 13.9. The molecule has 1 unspecified atom stereocenters. The molecular formula is C17H25F3N2O2. The fourth-order valence-corrected chi connectivity index (χ4v) is 2.90. The summed E-state index contributed by atoms with van der Waals surface area (Å²) in [6.07, 6.45) is -3.38. The lowest BCUT2D eigenvalue weighted by molar-refractivity contribution is -0.153. The van der Waals surface area contributed by atoms with Gasteiger partial charge in [0.2, 0.25) is 0 Å². The highest BCUT2D eigenvalue weighted by atomic mass is 19.4. The summed E-state index contributed by atoms with van der Waals surface area (Å²) in [5.74, 6) is 0.231. The zero-order chi connectivity index (χ0) is 17.6. The molecule has 1 aromatic rings. The van der Waals surface area contributed by atoms with Gasteiger partial charge in [-0.3, -0.25) is 9.80 Å². The van der Waals surface area contributed by atoms with Gasteiger partial charge in [0.25, 0.3) is 0 Å². The largest absolute Gasteiger partial charge is 0.484 e. The van der Waals surface area contributed by atoms with E-state index in [0.29, 0.717) is 0 Å². The fourth-order valence-electron chi connectivity index (χ4n) is 2.90. The Balaban J connectivity index is 1.78. The number of piperazine rings is 1. The molecule has 0 aromatic heterocycles. The van der Waals surface area contributed by atoms with Crippen molar-refractivity contribution in [3.05, 3.63) is 29.8 Å². The van der Waals surface area contributed by atoms with Crippen molar-refractivity contribution < 1.29 is 23.0 Å². The number of benzene rings is 1. The topological polar surface area (TPSA) is 35.9 Å². The van der Waals surface area contributed by atoms with Gasteiger partial charge >= 0.3 is 6.18 Å². The van der Waals surface area contributed by atoms with Gasteiger partial charge in [-0.15, -0.1) is 0 Å². The monoisotopic (exact) mass is 346 g/mol. The van der Waals surface area contributed by atoms with Crippen LogP contribution in [0.5, 0.6) is 5.75 Å². The number of rotatable bonds is 7. The maximum absolute atomic E-state index is 12.1. The smallest absolute Gasteiger partial charge is 0.422 e. The summed E-state index contributed by atoms with van der Waals surface area (Å²) < 4.78 is 41.1. The van der Waals surface area contributed by atoms with Gasteiger partial charge in [0, 0.05) is 38.8 Å². The van der Waals surface area contributed by atoms with Gasteiger partial charge in [-0.2, -0.15) is 13.2 Å². The third-order valence-electron chi connectivity index (χ3n) is 4.34. The molecule has 7 heteroatoms. The minimum atomic E-state index is -4.32. The van der Waals surface area contributed by atoms with Crippen molar-refractivity contribution in [3.63, 3.8) is 0 Å². The van der Waals surface area contributed by atoms with E-state index in [9.17, 15) is 18.3 Å². The van der Waals surface area contributed by atoms with Crippen molar-refractivity contribution in [2.75, 3.05) is 39.4 Å². The van der Waals surface area contributed by atoms with Crippen LogP contribution in [0.15, 0.2) is 24.3 Å². The Hall–Kier alpha value is -1.31. The summed E-state index contributed by atoms with van der Waals surface area (Å²) in [7, 11) is 0. The lowest BCUT2D eigenvalue weighted by atomic mass is 10.1. The summed E-state index contributed by atoms with van der Waals surface area (Å²) >= 11 is 0. The second kappa shape index (κ2) is 8.69. The molecule has 0 spiro atoms. The lowest BCUT2D eigenvalue weighted by Crippen LogP contribution is -2.50. The Morgan fingerprint density at radius 2 is 1.75 bits per heavy atom. The van der Waals surface area contributed by atoms with Crippen molar-refractivity contribution in [3.8, 4) is 5.75 Å². The Kier molecular flexibility index (Phi) is 6.89. The molecule has 0 bridgehead atoms. The molecule has 1 aliphatic rings. The van der Waals surface area contributed by atoms with E-state index in [0.717, 1.165) is 44.7 Å². The van der Waals surface area contributed by atoms with Crippen LogP contribution in [-0.4, -0.2) is 66.5 Å². The van der Waals surface area contributed by atoms with Crippen LogP contribution in [0.25, 0.3) is 0 Å². The maximum Gasteiger partial charge on any atom is 0.422 e. The van der Waals surface area contributed by atoms with Crippen LogP contribution in [-0.2, 0) is 6.54 Å². The standard InChI is InChI=1S/C17H25F3N2O2/c1-2-15(12-23)22-9-7-21(8-10-22)11-14-3-5-16(6-4-14)24-13-17(18,19)20/h3-6,15,23H,2,7-13H2,1H3. The Bertz CT molecular complexity index is 482. The molecule has 1 aliphatic heterocycles. The summed E-state index contributed by atoms with van der Waals surface area (Å²) in [5.41, 5.74) is 1.05. The van der Waals surface area contributed by atoms with Gasteiger partial charge in [-0.05, 0) is 24.1 Å². The number of aliphatic hydroxyl groups is 1. The van der Waals surface area contributed by atoms with Crippen LogP contribution in [0.4, 0.5) is 13.2 Å². The molecule has 0 amide bonds. The van der Waals surface area contributed by atoms with Gasteiger partial charge in [0.1, 0.15) is 5.75 Å². The highest BCUT2D eigenvalue weighted by Crippen LogP contribution is 2.19. The minimum absolute atomic E-state index is 0.190. The van der Waals surface area contributed by atoms with E-state index in [-0.39, 0.29) is 18.4 Å². The normalized spacial score (nSPS) is 18.5. The van der Waals surface area contributed by atoms with E-state index < -0.39 is 12.8 Å². The van der Waals surface area contributed by atoms with E-state index in [1.165, 1.54) is 0 Å². The first-order valence-corrected chi connectivity index (χ1v) is 8.27. The highest BCUT2D eigenvalue weighted by Gasteiger charge is 2.28. The van der Waals surface area contributed by atoms with Crippen LogP contribution in [0, 0.1) is 0 Å². The molecule has 1 atom stereocenters. The molecule has 0 saturated carbocycles. The zero-order valence-electron chi connectivity index (χ0n) is 13.9. The van der Waals surface area contributed by atoms with Crippen molar-refractivity contribution >= 4 is 0 Å². The third-order valence-corrected chi connectivity index (χ3v) is 4.34. The summed E-state index contributed by atoms with van der Waals surface area (Å²) in [6, 6.07) is 7.01. The number of nitrogens with zero attached hydrogens (tertiary/aromatic N) is 2. The molecular weight excluding hydrogens is 321 g/mol. The van der Waals surface area contributed by atoms with E-state index in [1.807, 2.05) is 0 Å². The van der Waals surface area contributed by atoms with Crippen molar-refractivity contribution in [1.29, 1.82) is 0 Å². The van der Waals surface area contributed by atoms with Gasteiger partial charge in [-0.25, -0.2) is 0 Å². The molecule has 1 fully saturated rings. The molecule has 2 rings (SSSR count). The van der Waals surface area contributed by atoms with Crippen LogP contribution in [0.2, 0.25) is 0 Å². The Morgan fingerprint density at radius 1 is 1.12 bits per heavy atom. The second-order valence-corrected chi connectivity index (χ2v) is 6.10. The molecule has 1 saturated heterocycles. The summed E-state index contributed by atoms with van der Waals surface area (Å²) in [5, 5.41) is 9.36. The summed E-state index contributed by atoms with van der Waals surface area (Å²) in [6.45, 7) is 5.45. The van der Waals surface area contributed by atoms with Gasteiger partial charge in [0.15, 0.2) is 6.61 Å². The number of hydrogen-bond donors (Lipinski definition) is 1. The van der Waals surface area contributed by atoms with E-state index in [4.69, 9.17) is 4.74 Å². The average molecular weight is 346 g/mol. The molecule has 4 nitrogen and oxygen atoms in total. The fraction of sp³-hybridized carbons (Fsp3) is 0.647. The Labute approximate surface area is 140 Å². The Morgan fingerprint density at radius 3 is 2.25 bits per heavy atom. The van der Waals surface area contributed by atoms with Crippen LogP contribution in [0.3, 0.4) is 0 Å². The number of hydrogen-bond acceptors (Lipinski definition) is 4. The number of alkyl halides is 3. The van der Waals surface area contributed by atoms with Crippen LogP contribution >= 0.6 is 0 Å². The van der Waals surface area contributed by atoms with Gasteiger partial charge in [-0.1, -0.05) is 19.1 Å². The van der Waals surface area contributed by atoms with E-state index in [2.05, 4.69) is 16.7 Å². The molecule has 1 aromatic carbocycles. The first kappa shape index (κ1) is 19.0. The lowest BCUT2D eigenvalue weighted by Gasteiger charge is -2.38. The summed E-state index contributed by atoms with van der Waals surface area (Å²) in [4.78, 5) is 4.62. The maximum atomic E-state index is 12.1. The molecule has 1 heterocycles. The van der Waals surface area contributed by atoms with Crippen LogP contribution in [0.1, 0.15) is 18.9 Å². The molecule has 24 heavy (non-hydrogen) atoms. The highest BCUT2D eigenvalue weighted by molar-refractivity contribution is 5.27. The van der Waals surface area contributed by atoms with Crippen molar-refractivity contribution in [2.45, 2.75) is 32.1 Å². The first-order valence-electron chi connectivity index (χ1n) is 8.27. The first-order chi connectivity index (χ1) is 11.4. The van der Waals surface area contributed by atoms with Crippen molar-refractivity contribution in [1.82, 2.24) is 9.80 Å². The average Bonchev–Trinajstić information content (AvgIpc) is 2.56. The quantitative estimate of drug-likeness (QED) is 0.823. The molecule has 1 N–H and O–H groups in total. The van der Waals surface area contributed by atoms with Crippen molar-refractivity contribution in [2.24, 2.45) is 0 Å². The number of aliphatic hydroxyl groups excluding tert-OH is 1. The predicted molar refractivity (Wildman–Crippen MR) is 86.0 cm³/mol. The van der Waals surface area contributed by atoms with Gasteiger partial charge < -0.3 is 9.84 Å². The van der Waals surface area contributed by atoms with E-state index >= 15 is 0 Å². The van der Waals surface area contributed by atoms with Crippen LogP contribution < -0.4 is 4.74 Å². The number of ether oxygens (including phenoxy) is 1. The predicted octanol–water partition coefficient (Wildman–Crippen LogP) is 2.52.